The third-order valence-electron chi connectivity index (χ3n) is 2.81. The zero-order chi connectivity index (χ0) is 16.1. The van der Waals surface area contributed by atoms with E-state index in [1.54, 1.807) is 6.92 Å². The molecule has 1 aliphatic heterocycles. The van der Waals surface area contributed by atoms with Crippen molar-refractivity contribution in [3.63, 3.8) is 0 Å². The average Bonchev–Trinajstić information content (AvgIpc) is 2.65. The molecule has 0 bridgehead atoms. The van der Waals surface area contributed by atoms with E-state index in [2.05, 4.69) is 4.52 Å². The Labute approximate surface area is 123 Å². The van der Waals surface area contributed by atoms with Crippen LogP contribution in [0.15, 0.2) is 0 Å². The Morgan fingerprint density at radius 2 is 1.90 bits per heavy atom. The molecule has 0 spiro atoms. The first-order valence-electron chi connectivity index (χ1n) is 6.64. The van der Waals surface area contributed by atoms with Gasteiger partial charge in [-0.2, -0.15) is 0 Å². The molecule has 3 N–H and O–H groups in total. The van der Waals surface area contributed by atoms with Gasteiger partial charge in [-0.1, -0.05) is 13.3 Å². The van der Waals surface area contributed by atoms with Crippen molar-refractivity contribution in [2.24, 2.45) is 0 Å². The number of phosphoric ester groups is 2. The van der Waals surface area contributed by atoms with Crippen LogP contribution in [0.3, 0.4) is 0 Å². The standard InChI is InChI=1S/C10H22O9P2/c1-3-4-5-16-21(14,15)19-9-6-8(2)18-10(9)7-17-20(11,12)13/h8-10H,3-7H2,1-2H3,(H,14,15)(H2,11,12,13). The van der Waals surface area contributed by atoms with Crippen LogP contribution in [0, 0.1) is 0 Å². The Morgan fingerprint density at radius 3 is 2.48 bits per heavy atom. The summed E-state index contributed by atoms with van der Waals surface area (Å²) in [6.07, 6.45) is -0.224. The van der Waals surface area contributed by atoms with Gasteiger partial charge in [-0.05, 0) is 13.3 Å². The van der Waals surface area contributed by atoms with Crippen LogP contribution in [0.1, 0.15) is 33.1 Å². The van der Waals surface area contributed by atoms with Crippen molar-refractivity contribution < 1.29 is 42.1 Å². The highest BCUT2D eigenvalue weighted by Crippen LogP contribution is 2.48. The molecule has 0 aromatic heterocycles. The summed E-state index contributed by atoms with van der Waals surface area (Å²) < 4.78 is 42.0. The quantitative estimate of drug-likeness (QED) is 0.419. The topological polar surface area (TPSA) is 132 Å². The molecular weight excluding hydrogens is 326 g/mol. The van der Waals surface area contributed by atoms with Gasteiger partial charge in [0.1, 0.15) is 12.2 Å². The lowest BCUT2D eigenvalue weighted by atomic mass is 10.1. The molecule has 1 saturated heterocycles. The first kappa shape index (κ1) is 19.2. The van der Waals surface area contributed by atoms with Gasteiger partial charge in [0, 0.05) is 6.42 Å². The van der Waals surface area contributed by atoms with Crippen LogP contribution in [-0.4, -0.2) is 46.2 Å². The van der Waals surface area contributed by atoms with E-state index >= 15 is 0 Å². The second-order valence-electron chi connectivity index (χ2n) is 4.81. The largest absolute Gasteiger partial charge is 0.472 e. The van der Waals surface area contributed by atoms with E-state index in [4.69, 9.17) is 23.6 Å². The van der Waals surface area contributed by atoms with Gasteiger partial charge in [0.2, 0.25) is 0 Å². The highest BCUT2D eigenvalue weighted by Gasteiger charge is 2.40. The highest BCUT2D eigenvalue weighted by molar-refractivity contribution is 7.47. The Balaban J connectivity index is 2.53. The van der Waals surface area contributed by atoms with Crippen molar-refractivity contribution in [3.8, 4) is 0 Å². The van der Waals surface area contributed by atoms with Gasteiger partial charge in [-0.15, -0.1) is 0 Å². The molecule has 1 aliphatic rings. The Bertz CT molecular complexity index is 409. The molecule has 126 valence electrons. The molecule has 1 fully saturated rings. The van der Waals surface area contributed by atoms with E-state index in [1.807, 2.05) is 6.92 Å². The fourth-order valence-corrected chi connectivity index (χ4v) is 3.20. The summed E-state index contributed by atoms with van der Waals surface area (Å²) in [6, 6.07) is 0. The molecule has 0 aromatic carbocycles. The molecule has 9 nitrogen and oxygen atoms in total. The Morgan fingerprint density at radius 1 is 1.24 bits per heavy atom. The van der Waals surface area contributed by atoms with Crippen molar-refractivity contribution >= 4 is 15.6 Å². The molecule has 21 heavy (non-hydrogen) atoms. The van der Waals surface area contributed by atoms with Crippen LogP contribution < -0.4 is 0 Å². The van der Waals surface area contributed by atoms with Crippen molar-refractivity contribution in [1.82, 2.24) is 0 Å². The fraction of sp³-hybridized carbons (Fsp3) is 1.00. The lowest BCUT2D eigenvalue weighted by Crippen LogP contribution is -2.28. The average molecular weight is 348 g/mol. The predicted octanol–water partition coefficient (Wildman–Crippen LogP) is 1.58. The van der Waals surface area contributed by atoms with Crippen LogP contribution in [0.2, 0.25) is 0 Å². The maximum absolute atomic E-state index is 11.8. The number of ether oxygens (including phenoxy) is 1. The van der Waals surface area contributed by atoms with Gasteiger partial charge in [-0.3, -0.25) is 13.6 Å². The summed E-state index contributed by atoms with van der Waals surface area (Å²) in [4.78, 5) is 26.9. The molecule has 1 heterocycles. The van der Waals surface area contributed by atoms with Gasteiger partial charge >= 0.3 is 15.6 Å². The van der Waals surface area contributed by atoms with Gasteiger partial charge < -0.3 is 19.4 Å². The summed E-state index contributed by atoms with van der Waals surface area (Å²) in [6.45, 7) is 3.29. The van der Waals surface area contributed by atoms with E-state index < -0.39 is 34.5 Å². The minimum absolute atomic E-state index is 0.0943. The molecule has 1 rings (SSSR count). The SMILES string of the molecule is CCCCOP(=O)(O)OC1CC(C)OC1COP(=O)(O)O. The predicted molar refractivity (Wildman–Crippen MR) is 72.5 cm³/mol. The summed E-state index contributed by atoms with van der Waals surface area (Å²) >= 11 is 0. The van der Waals surface area contributed by atoms with Gasteiger partial charge in [0.05, 0.1) is 19.3 Å². The smallest absolute Gasteiger partial charge is 0.370 e. The summed E-state index contributed by atoms with van der Waals surface area (Å²) in [5, 5.41) is 0. The molecule has 11 heteroatoms. The van der Waals surface area contributed by atoms with E-state index in [1.165, 1.54) is 0 Å². The molecule has 4 unspecified atom stereocenters. The first-order chi connectivity index (χ1) is 9.63. The molecule has 0 amide bonds. The van der Waals surface area contributed by atoms with E-state index in [0.717, 1.165) is 6.42 Å². The van der Waals surface area contributed by atoms with Gasteiger partial charge in [-0.25, -0.2) is 9.13 Å². The monoisotopic (exact) mass is 348 g/mol. The zero-order valence-electron chi connectivity index (χ0n) is 12.0. The molecule has 0 aliphatic carbocycles. The van der Waals surface area contributed by atoms with E-state index in [-0.39, 0.29) is 12.7 Å². The van der Waals surface area contributed by atoms with Crippen LogP contribution in [-0.2, 0) is 27.4 Å². The third-order valence-corrected chi connectivity index (χ3v) is 4.35. The zero-order valence-corrected chi connectivity index (χ0v) is 13.7. The summed E-state index contributed by atoms with van der Waals surface area (Å²) in [7, 11) is -8.86. The minimum atomic E-state index is -4.64. The molecule has 0 saturated carbocycles. The number of unbranched alkanes of at least 4 members (excludes halogenated alkanes) is 1. The van der Waals surface area contributed by atoms with Crippen molar-refractivity contribution in [3.05, 3.63) is 0 Å². The van der Waals surface area contributed by atoms with Crippen LogP contribution in [0.5, 0.6) is 0 Å². The minimum Gasteiger partial charge on any atom is -0.370 e. The maximum atomic E-state index is 11.8. The lowest BCUT2D eigenvalue weighted by molar-refractivity contribution is -0.0188. The normalized spacial score (nSPS) is 29.5. The molecule has 4 atom stereocenters. The van der Waals surface area contributed by atoms with Crippen molar-refractivity contribution in [1.29, 1.82) is 0 Å². The Hall–Kier alpha value is 0.180. The van der Waals surface area contributed by atoms with Crippen molar-refractivity contribution in [2.75, 3.05) is 13.2 Å². The van der Waals surface area contributed by atoms with Gasteiger partial charge in [0.25, 0.3) is 0 Å². The van der Waals surface area contributed by atoms with E-state index in [9.17, 15) is 14.0 Å². The number of rotatable bonds is 9. The first-order valence-corrected chi connectivity index (χ1v) is 9.67. The second-order valence-corrected chi connectivity index (χ2v) is 7.45. The number of phosphoric acid groups is 2. The van der Waals surface area contributed by atoms with Crippen LogP contribution >= 0.6 is 15.6 Å². The number of hydrogen-bond donors (Lipinski definition) is 3. The summed E-state index contributed by atoms with van der Waals surface area (Å²) in [5.41, 5.74) is 0. The van der Waals surface area contributed by atoms with Gasteiger partial charge in [0.15, 0.2) is 0 Å². The molecule has 0 aromatic rings. The van der Waals surface area contributed by atoms with Crippen LogP contribution in [0.25, 0.3) is 0 Å². The summed E-state index contributed by atoms with van der Waals surface area (Å²) in [5.74, 6) is 0. The second kappa shape index (κ2) is 8.15. The lowest BCUT2D eigenvalue weighted by Gasteiger charge is -2.21. The molecule has 0 radical (unpaired) electrons. The Kier molecular flexibility index (Phi) is 7.46. The molecular formula is C10H22O9P2. The van der Waals surface area contributed by atoms with E-state index in [0.29, 0.717) is 12.8 Å². The maximum Gasteiger partial charge on any atom is 0.472 e. The van der Waals surface area contributed by atoms with Crippen LogP contribution in [0.4, 0.5) is 0 Å². The highest BCUT2D eigenvalue weighted by atomic mass is 31.2. The van der Waals surface area contributed by atoms with Crippen molar-refractivity contribution in [2.45, 2.75) is 51.4 Å². The third kappa shape index (κ3) is 7.83. The number of hydrogen-bond acceptors (Lipinski definition) is 6. The fourth-order valence-electron chi connectivity index (χ4n) is 1.87.